The molecule has 109 heavy (non-hydrogen) atoms. The number of anilines is 6. The summed E-state index contributed by atoms with van der Waals surface area (Å²) < 4.78 is 5.02. The second kappa shape index (κ2) is 27.0. The fourth-order valence-electron chi connectivity index (χ4n) is 15.7. The predicted octanol–water partition coefficient (Wildman–Crippen LogP) is 30.5. The van der Waals surface area contributed by atoms with Crippen LogP contribution in [0.25, 0.3) is 66.1 Å². The molecule has 2 aromatic heterocycles. The summed E-state index contributed by atoms with van der Waals surface area (Å²) in [4.78, 5) is 4.99. The van der Waals surface area contributed by atoms with Crippen LogP contribution in [0.15, 0.2) is 224 Å². The minimum Gasteiger partial charge on any atom is -0.310 e. The van der Waals surface area contributed by atoms with Gasteiger partial charge in [0.25, 0.3) is 0 Å². The normalized spacial score (nSPS) is 13.4. The highest BCUT2D eigenvalue weighted by Gasteiger charge is 2.31. The number of hydrogen-bond acceptors (Lipinski definition) is 2. The minimum absolute atomic E-state index is 0.00813. The van der Waals surface area contributed by atoms with Crippen LogP contribution in [0, 0.1) is 0 Å². The summed E-state index contributed by atoms with van der Waals surface area (Å²) in [5.74, 6) is 0. The van der Waals surface area contributed by atoms with Gasteiger partial charge >= 0.3 is 0 Å². The molecule has 11 aromatic carbocycles. The summed E-state index contributed by atoms with van der Waals surface area (Å²) in [6.45, 7) is 67.7. The highest BCUT2D eigenvalue weighted by Crippen LogP contribution is 2.48. The molecule has 13 rings (SSSR count). The van der Waals surface area contributed by atoms with Crippen molar-refractivity contribution in [1.82, 2.24) is 9.13 Å². The van der Waals surface area contributed by atoms with Gasteiger partial charge in [-0.05, 0) is 242 Å². The molecule has 0 amide bonds. The number of nitrogens with zero attached hydrogens (tertiary/aromatic N) is 4. The molecule has 0 aliphatic heterocycles. The van der Waals surface area contributed by atoms with Crippen LogP contribution < -0.4 is 9.80 Å². The molecule has 2 heterocycles. The van der Waals surface area contributed by atoms with Crippen LogP contribution in [0.1, 0.15) is 262 Å². The van der Waals surface area contributed by atoms with Crippen molar-refractivity contribution in [3.05, 3.63) is 286 Å². The van der Waals surface area contributed by atoms with Crippen LogP contribution in [0.2, 0.25) is 0 Å². The van der Waals surface area contributed by atoms with Crippen molar-refractivity contribution < 1.29 is 0 Å². The van der Waals surface area contributed by atoms with Crippen molar-refractivity contribution in [2.75, 3.05) is 9.80 Å². The molecule has 0 bridgehead atoms. The van der Waals surface area contributed by atoms with Gasteiger partial charge in [0.1, 0.15) is 0 Å². The smallest absolute Gasteiger partial charge is 0.0544 e. The lowest BCUT2D eigenvalue weighted by molar-refractivity contribution is 0.568. The number of fused-ring (bicyclic) bond motifs is 6. The maximum atomic E-state index is 2.51. The summed E-state index contributed by atoms with van der Waals surface area (Å²) in [6, 6.07) is 88.2. The van der Waals surface area contributed by atoms with Crippen molar-refractivity contribution in [2.24, 2.45) is 0 Å². The summed E-state index contributed by atoms with van der Waals surface area (Å²) in [7, 11) is 0. The monoisotopic (exact) mass is 1440 g/mol. The molecule has 0 aliphatic carbocycles. The SMILES string of the molecule is CC(C)(C)c1cc(-c2cc(C(C)(C)C)cc(C(C)(C)C)c2)cc(N(c2ccc(-n3c4cc(C(C)(C)C)ccc4c4ccc(C(C)(C)C)cc43)cc2)c2ccc(C(C)(C)c3ccc(N(c4ccc(-n5c6cc(C(C)(C)C)ccc6c6ccc(C(C)(C)C)cc65)cc4)c4cc(C(C)(C)C)cc(C(C)(C)C)c4)cc3)cc2)c1. The van der Waals surface area contributed by atoms with E-state index in [4.69, 9.17) is 0 Å². The Labute approximate surface area is 655 Å². The zero-order valence-electron chi connectivity index (χ0n) is 71.7. The lowest BCUT2D eigenvalue weighted by Crippen LogP contribution is -2.20. The second-order valence-electron chi connectivity index (χ2n) is 41.6. The van der Waals surface area contributed by atoms with Crippen LogP contribution in [0.4, 0.5) is 34.1 Å². The molecule has 0 N–H and O–H groups in total. The van der Waals surface area contributed by atoms with Gasteiger partial charge in [0.05, 0.1) is 22.1 Å². The van der Waals surface area contributed by atoms with E-state index in [1.165, 1.54) is 116 Å². The van der Waals surface area contributed by atoms with E-state index < -0.39 is 0 Å². The fraction of sp³-hybridized carbons (Fsp3) is 0.371. The first-order valence-corrected chi connectivity index (χ1v) is 40.1. The highest BCUT2D eigenvalue weighted by atomic mass is 15.2. The van der Waals surface area contributed by atoms with Gasteiger partial charge in [-0.25, -0.2) is 0 Å². The van der Waals surface area contributed by atoms with Crippen LogP contribution in [-0.2, 0) is 54.1 Å². The Morgan fingerprint density at radius 2 is 0.376 bits per heavy atom. The molecule has 0 radical (unpaired) electrons. The fourth-order valence-corrected chi connectivity index (χ4v) is 15.7. The van der Waals surface area contributed by atoms with E-state index in [1.54, 1.807) is 0 Å². The number of aromatic nitrogens is 2. The van der Waals surface area contributed by atoms with Gasteiger partial charge in [0.15, 0.2) is 0 Å². The van der Waals surface area contributed by atoms with Crippen molar-refractivity contribution in [3.63, 3.8) is 0 Å². The van der Waals surface area contributed by atoms with E-state index in [-0.39, 0.29) is 54.1 Å². The summed E-state index contributed by atoms with van der Waals surface area (Å²) in [6.07, 6.45) is 0. The first-order valence-electron chi connectivity index (χ1n) is 40.1. The van der Waals surface area contributed by atoms with Gasteiger partial charge in [-0.2, -0.15) is 0 Å². The first-order chi connectivity index (χ1) is 50.4. The lowest BCUT2D eigenvalue weighted by atomic mass is 9.78. The summed E-state index contributed by atoms with van der Waals surface area (Å²) >= 11 is 0. The quantitative estimate of drug-likeness (QED) is 0.128. The predicted molar refractivity (Wildman–Crippen MR) is 477 cm³/mol. The van der Waals surface area contributed by atoms with Crippen molar-refractivity contribution in [1.29, 1.82) is 0 Å². The highest BCUT2D eigenvalue weighted by molar-refractivity contribution is 6.11. The van der Waals surface area contributed by atoms with E-state index in [0.29, 0.717) is 0 Å². The Hall–Kier alpha value is -9.38. The average molecular weight is 1440 g/mol. The first kappa shape index (κ1) is 77.8. The van der Waals surface area contributed by atoms with Gasteiger partial charge in [-0.1, -0.05) is 304 Å². The third-order valence-electron chi connectivity index (χ3n) is 23.4. The van der Waals surface area contributed by atoms with Gasteiger partial charge < -0.3 is 18.9 Å². The molecule has 0 fully saturated rings. The van der Waals surface area contributed by atoms with Crippen LogP contribution in [0.5, 0.6) is 0 Å². The molecule has 0 spiro atoms. The largest absolute Gasteiger partial charge is 0.310 e. The number of rotatable bonds is 11. The molecule has 0 unspecified atom stereocenters. The Balaban J connectivity index is 0.934. The van der Waals surface area contributed by atoms with Crippen LogP contribution in [-0.4, -0.2) is 9.13 Å². The molecule has 0 aliphatic rings. The Kier molecular flexibility index (Phi) is 19.3. The molecule has 4 heteroatoms. The molecule has 0 saturated heterocycles. The maximum absolute atomic E-state index is 2.51. The minimum atomic E-state index is -0.367. The van der Waals surface area contributed by atoms with E-state index in [2.05, 4.69) is 444 Å². The third kappa shape index (κ3) is 15.4. The van der Waals surface area contributed by atoms with Gasteiger partial charge in [-0.15, -0.1) is 0 Å². The Bertz CT molecular complexity index is 5370. The van der Waals surface area contributed by atoms with E-state index >= 15 is 0 Å². The summed E-state index contributed by atoms with van der Waals surface area (Å²) in [5.41, 5.74) is 29.9. The van der Waals surface area contributed by atoms with E-state index in [9.17, 15) is 0 Å². The maximum Gasteiger partial charge on any atom is 0.0544 e. The Morgan fingerprint density at radius 3 is 0.624 bits per heavy atom. The van der Waals surface area contributed by atoms with Crippen molar-refractivity contribution >= 4 is 77.7 Å². The van der Waals surface area contributed by atoms with E-state index in [0.717, 1.165) is 45.5 Å². The van der Waals surface area contributed by atoms with Crippen molar-refractivity contribution in [2.45, 2.75) is 255 Å². The zero-order valence-corrected chi connectivity index (χ0v) is 71.7. The van der Waals surface area contributed by atoms with Gasteiger partial charge in [-0.3, -0.25) is 0 Å². The summed E-state index contributed by atoms with van der Waals surface area (Å²) in [5, 5.41) is 5.09. The van der Waals surface area contributed by atoms with Gasteiger partial charge in [0, 0.05) is 72.5 Å². The van der Waals surface area contributed by atoms with E-state index in [1.807, 2.05) is 0 Å². The van der Waals surface area contributed by atoms with Gasteiger partial charge in [0.2, 0.25) is 0 Å². The lowest BCUT2D eigenvalue weighted by Gasteiger charge is -2.32. The van der Waals surface area contributed by atoms with Crippen LogP contribution in [0.3, 0.4) is 0 Å². The molecule has 4 nitrogen and oxygen atoms in total. The molecule has 0 atom stereocenters. The standard InChI is InChI=1S/C105H124N4/c1-96(2,3)71-34-50-88-89-51-35-72(97(4,5)6)64-93(89)108(92(88)63-71)84-46-42-82(43-47-84)106(86-57-68(56-77(60-86)102(19,20)21)67-54-75(100(13,14)15)58-76(55-67)101(16,17)18)80-38-30-69(31-39-80)105(28,29)70-32-40-81(41-33-70)107(87-61-78(103(22,23)24)59-79(62-87)104(25,26)27)83-44-48-85(49-45-83)109-94-65-73(98(7,8)9)36-52-90(94)91-53-37-74(66-95(91)109)99(10,11)12/h30-66H,1-29H3. The molecule has 564 valence electrons. The Morgan fingerprint density at radius 1 is 0.174 bits per heavy atom. The molecular formula is C105H124N4. The molecule has 0 saturated carbocycles. The molecule has 13 aromatic rings. The van der Waals surface area contributed by atoms with Crippen LogP contribution >= 0.6 is 0 Å². The zero-order chi connectivity index (χ0) is 79.2. The third-order valence-corrected chi connectivity index (χ3v) is 23.4. The second-order valence-corrected chi connectivity index (χ2v) is 41.6. The van der Waals surface area contributed by atoms with Crippen molar-refractivity contribution in [3.8, 4) is 22.5 Å². The number of benzene rings is 11. The average Bonchev–Trinajstić information content (AvgIpc) is 1.70. The topological polar surface area (TPSA) is 16.3 Å². The molecular weight excluding hydrogens is 1320 g/mol. The number of hydrogen-bond donors (Lipinski definition) is 0.